The van der Waals surface area contributed by atoms with Gasteiger partial charge in [-0.05, 0) is 41.8 Å². The third-order valence-electron chi connectivity index (χ3n) is 2.97. The van der Waals surface area contributed by atoms with Gasteiger partial charge in [0.15, 0.2) is 0 Å². The zero-order chi connectivity index (χ0) is 15.2. The van der Waals surface area contributed by atoms with Crippen LogP contribution in [0.15, 0.2) is 48.5 Å². The first-order valence-corrected chi connectivity index (χ1v) is 7.21. The van der Waals surface area contributed by atoms with Crippen LogP contribution in [0.5, 0.6) is 0 Å². The summed E-state index contributed by atoms with van der Waals surface area (Å²) < 4.78 is 5.19. The van der Waals surface area contributed by atoms with Crippen LogP contribution in [0.4, 0.5) is 0 Å². The Bertz CT molecular complexity index is 597. The summed E-state index contributed by atoms with van der Waals surface area (Å²) in [6.07, 6.45) is 0.413. The van der Waals surface area contributed by atoms with Crippen molar-refractivity contribution in [1.29, 1.82) is 0 Å². The van der Waals surface area contributed by atoms with Crippen molar-refractivity contribution < 1.29 is 9.53 Å². The lowest BCUT2D eigenvalue weighted by Crippen LogP contribution is -2.34. The fourth-order valence-corrected chi connectivity index (χ4v) is 2.05. The molecule has 0 saturated carbocycles. The van der Waals surface area contributed by atoms with Crippen LogP contribution in [0.25, 0.3) is 0 Å². The Balaban J connectivity index is 1.84. The minimum Gasteiger partial charge on any atom is -0.460 e. The van der Waals surface area contributed by atoms with E-state index in [1.54, 1.807) is 36.4 Å². The highest BCUT2D eigenvalue weighted by atomic mass is 35.5. The van der Waals surface area contributed by atoms with Crippen LogP contribution >= 0.6 is 23.2 Å². The van der Waals surface area contributed by atoms with Gasteiger partial charge in [-0.1, -0.05) is 47.5 Å². The maximum atomic E-state index is 11.9. The molecule has 3 nitrogen and oxygen atoms in total. The van der Waals surface area contributed by atoms with E-state index in [0.29, 0.717) is 16.5 Å². The molecule has 5 heteroatoms. The van der Waals surface area contributed by atoms with Gasteiger partial charge in [0.25, 0.3) is 0 Å². The second kappa shape index (κ2) is 7.46. The van der Waals surface area contributed by atoms with Gasteiger partial charge in [-0.3, -0.25) is 4.79 Å². The first-order chi connectivity index (χ1) is 10.0. The Hall–Kier alpha value is -1.55. The Labute approximate surface area is 133 Å². The normalized spacial score (nSPS) is 12.0. The summed E-state index contributed by atoms with van der Waals surface area (Å²) in [5, 5.41) is 1.29. The number of hydrogen-bond donors (Lipinski definition) is 1. The van der Waals surface area contributed by atoms with Gasteiger partial charge >= 0.3 is 5.97 Å². The molecule has 0 bridgehead atoms. The van der Waals surface area contributed by atoms with Crippen molar-refractivity contribution in [2.75, 3.05) is 0 Å². The van der Waals surface area contributed by atoms with E-state index >= 15 is 0 Å². The average molecular weight is 324 g/mol. The number of hydrogen-bond acceptors (Lipinski definition) is 3. The molecule has 0 aliphatic rings. The first kappa shape index (κ1) is 15.8. The summed E-state index contributed by atoms with van der Waals surface area (Å²) in [6.45, 7) is 0.185. The number of ether oxygens (including phenoxy) is 1. The Morgan fingerprint density at radius 2 is 1.43 bits per heavy atom. The van der Waals surface area contributed by atoms with Gasteiger partial charge in [0.1, 0.15) is 12.6 Å². The van der Waals surface area contributed by atoms with E-state index < -0.39 is 12.0 Å². The largest absolute Gasteiger partial charge is 0.460 e. The summed E-state index contributed by atoms with van der Waals surface area (Å²) >= 11 is 11.6. The molecule has 0 spiro atoms. The van der Waals surface area contributed by atoms with Crippen molar-refractivity contribution in [2.45, 2.75) is 19.1 Å². The van der Waals surface area contributed by atoms with Crippen molar-refractivity contribution in [2.24, 2.45) is 5.73 Å². The van der Waals surface area contributed by atoms with Crippen LogP contribution in [-0.2, 0) is 22.6 Å². The average Bonchev–Trinajstić information content (AvgIpc) is 2.48. The number of carbonyl (C=O) groups is 1. The molecule has 0 saturated heterocycles. The van der Waals surface area contributed by atoms with Gasteiger partial charge in [-0.15, -0.1) is 0 Å². The molecule has 0 aromatic heterocycles. The van der Waals surface area contributed by atoms with Crippen molar-refractivity contribution in [3.8, 4) is 0 Å². The molecule has 0 heterocycles. The second-order valence-corrected chi connectivity index (χ2v) is 5.54. The lowest BCUT2D eigenvalue weighted by molar-refractivity contribution is -0.146. The predicted molar refractivity (Wildman–Crippen MR) is 84.4 cm³/mol. The topological polar surface area (TPSA) is 52.3 Å². The molecule has 2 rings (SSSR count). The van der Waals surface area contributed by atoms with Crippen molar-refractivity contribution in [3.05, 3.63) is 69.7 Å². The summed E-state index contributed by atoms with van der Waals surface area (Å²) in [4.78, 5) is 11.9. The van der Waals surface area contributed by atoms with Crippen LogP contribution in [0, 0.1) is 0 Å². The van der Waals surface area contributed by atoms with Crippen molar-refractivity contribution in [3.63, 3.8) is 0 Å². The van der Waals surface area contributed by atoms with Crippen LogP contribution < -0.4 is 5.73 Å². The smallest absolute Gasteiger partial charge is 0.323 e. The van der Waals surface area contributed by atoms with Gasteiger partial charge in [0, 0.05) is 10.0 Å². The predicted octanol–water partition coefficient (Wildman–Crippen LogP) is 3.61. The molecule has 2 N–H and O–H groups in total. The lowest BCUT2D eigenvalue weighted by Gasteiger charge is -2.12. The molecule has 0 radical (unpaired) electrons. The van der Waals surface area contributed by atoms with Gasteiger partial charge in [-0.25, -0.2) is 0 Å². The number of esters is 1. The first-order valence-electron chi connectivity index (χ1n) is 6.45. The Morgan fingerprint density at radius 1 is 0.952 bits per heavy atom. The molecular formula is C16H15Cl2NO2. The van der Waals surface area contributed by atoms with Crippen LogP contribution in [-0.4, -0.2) is 12.0 Å². The summed E-state index contributed by atoms with van der Waals surface area (Å²) in [6, 6.07) is 13.6. The number of nitrogens with two attached hydrogens (primary N) is 1. The number of carbonyl (C=O) groups excluding carboxylic acids is 1. The van der Waals surface area contributed by atoms with Crippen LogP contribution in [0.1, 0.15) is 11.1 Å². The van der Waals surface area contributed by atoms with Gasteiger partial charge in [0.05, 0.1) is 0 Å². The van der Waals surface area contributed by atoms with Gasteiger partial charge in [-0.2, -0.15) is 0 Å². The number of rotatable bonds is 5. The van der Waals surface area contributed by atoms with E-state index in [1.807, 2.05) is 12.1 Å². The highest BCUT2D eigenvalue weighted by Gasteiger charge is 2.15. The molecule has 0 unspecified atom stereocenters. The highest BCUT2D eigenvalue weighted by Crippen LogP contribution is 2.12. The quantitative estimate of drug-likeness (QED) is 0.855. The lowest BCUT2D eigenvalue weighted by atomic mass is 10.1. The number of halogens is 2. The Kier molecular flexibility index (Phi) is 5.62. The molecule has 0 fully saturated rings. The number of benzene rings is 2. The summed E-state index contributed by atoms with van der Waals surface area (Å²) in [5.74, 6) is -0.431. The minimum atomic E-state index is -0.696. The monoisotopic (exact) mass is 323 g/mol. The zero-order valence-corrected chi connectivity index (χ0v) is 12.8. The standard InChI is InChI=1S/C16H15Cl2NO2/c17-13-5-1-11(2-6-13)9-15(19)16(20)21-10-12-3-7-14(18)8-4-12/h1-8,15H,9-10,19H2/t15-/m0/s1. The van der Waals surface area contributed by atoms with Gasteiger partial charge in [0.2, 0.25) is 0 Å². The van der Waals surface area contributed by atoms with E-state index in [9.17, 15) is 4.79 Å². The Morgan fingerprint density at radius 3 is 1.95 bits per heavy atom. The third kappa shape index (κ3) is 5.05. The maximum Gasteiger partial charge on any atom is 0.323 e. The molecule has 1 atom stereocenters. The molecule has 21 heavy (non-hydrogen) atoms. The van der Waals surface area contributed by atoms with Gasteiger partial charge < -0.3 is 10.5 Å². The molecule has 2 aromatic rings. The fraction of sp³-hybridized carbons (Fsp3) is 0.188. The molecule has 2 aromatic carbocycles. The van der Waals surface area contributed by atoms with Crippen LogP contribution in [0.3, 0.4) is 0 Å². The molecule has 0 aliphatic carbocycles. The zero-order valence-electron chi connectivity index (χ0n) is 11.3. The molecule has 0 amide bonds. The summed E-state index contributed by atoms with van der Waals surface area (Å²) in [5.41, 5.74) is 7.65. The van der Waals surface area contributed by atoms with E-state index in [2.05, 4.69) is 0 Å². The van der Waals surface area contributed by atoms with E-state index in [1.165, 1.54) is 0 Å². The fourth-order valence-electron chi connectivity index (χ4n) is 1.80. The molecule has 110 valence electrons. The highest BCUT2D eigenvalue weighted by molar-refractivity contribution is 6.30. The van der Waals surface area contributed by atoms with E-state index in [4.69, 9.17) is 33.7 Å². The van der Waals surface area contributed by atoms with Crippen molar-refractivity contribution >= 4 is 29.2 Å². The minimum absolute atomic E-state index is 0.185. The molecular weight excluding hydrogens is 309 g/mol. The molecule has 0 aliphatic heterocycles. The van der Waals surface area contributed by atoms with Crippen LogP contribution in [0.2, 0.25) is 10.0 Å². The second-order valence-electron chi connectivity index (χ2n) is 4.67. The maximum absolute atomic E-state index is 11.9. The van der Waals surface area contributed by atoms with Crippen molar-refractivity contribution in [1.82, 2.24) is 0 Å². The van der Waals surface area contributed by atoms with E-state index in [0.717, 1.165) is 11.1 Å². The SMILES string of the molecule is N[C@@H](Cc1ccc(Cl)cc1)C(=O)OCc1ccc(Cl)cc1. The van der Waals surface area contributed by atoms with E-state index in [-0.39, 0.29) is 6.61 Å². The summed E-state index contributed by atoms with van der Waals surface area (Å²) in [7, 11) is 0. The third-order valence-corrected chi connectivity index (χ3v) is 3.47.